The molecular formula is C34H60MgN2O10. The molecule has 12 nitrogen and oxygen atoms in total. The van der Waals surface area contributed by atoms with Crippen LogP contribution in [0.3, 0.4) is 0 Å². The summed E-state index contributed by atoms with van der Waals surface area (Å²) in [5.41, 5.74) is 0. The van der Waals surface area contributed by atoms with Gasteiger partial charge in [-0.25, -0.2) is 9.59 Å². The number of amides is 2. The fourth-order valence-corrected chi connectivity index (χ4v) is 4.89. The second-order valence-electron chi connectivity index (χ2n) is 12.0. The summed E-state index contributed by atoms with van der Waals surface area (Å²) in [5, 5.41) is 39.2. The second-order valence-corrected chi connectivity index (χ2v) is 12.0. The number of nitrogens with zero attached hydrogens (tertiary/aromatic N) is 2. The number of hydrogen-bond donors (Lipinski definition) is 2. The Balaban J connectivity index is -0.000000807. The summed E-state index contributed by atoms with van der Waals surface area (Å²) in [6.45, 7) is 5.63. The van der Waals surface area contributed by atoms with Crippen LogP contribution in [0.4, 0.5) is 0 Å². The number of rotatable bonds is 28. The van der Waals surface area contributed by atoms with Crippen molar-refractivity contribution in [3.63, 3.8) is 0 Å². The molecule has 2 unspecified atom stereocenters. The maximum absolute atomic E-state index is 12.0. The Bertz CT molecular complexity index is 817. The number of carbonyl (C=O) groups excluding carboxylic acids is 4. The number of carbonyl (C=O) groups is 6. The first-order valence-corrected chi connectivity index (χ1v) is 17.2. The monoisotopic (exact) mass is 680 g/mol. The van der Waals surface area contributed by atoms with Gasteiger partial charge < -0.3 is 39.8 Å². The van der Waals surface area contributed by atoms with Crippen LogP contribution in [0, 0.1) is 0 Å². The molecule has 0 saturated heterocycles. The molecule has 0 saturated carbocycles. The predicted octanol–water partition coefficient (Wildman–Crippen LogP) is 3.54. The van der Waals surface area contributed by atoms with Crippen molar-refractivity contribution in [3.05, 3.63) is 0 Å². The molecule has 0 aliphatic rings. The summed E-state index contributed by atoms with van der Waals surface area (Å²) in [5.74, 6) is -6.20. The van der Waals surface area contributed by atoms with E-state index in [1.807, 2.05) is 0 Å². The van der Waals surface area contributed by atoms with Gasteiger partial charge in [-0.15, -0.1) is 0 Å². The van der Waals surface area contributed by atoms with E-state index in [0.29, 0.717) is 12.8 Å². The number of carboxylic acids is 4. The summed E-state index contributed by atoms with van der Waals surface area (Å²) >= 11 is 0. The van der Waals surface area contributed by atoms with Gasteiger partial charge in [-0.1, -0.05) is 117 Å². The SMILES string of the molecule is CCCCCCCCCCCC(=O)N(CC(=O)[O-])C(C)C(=O)O.CCCCCCCCCCCC(=O)N(CC(=O)[O-])C(C)C(=O)O.[Mg+2]. The van der Waals surface area contributed by atoms with Gasteiger partial charge in [0.2, 0.25) is 11.8 Å². The Morgan fingerprint density at radius 1 is 0.489 bits per heavy atom. The molecule has 0 fully saturated rings. The Hall–Kier alpha value is -2.41. The summed E-state index contributed by atoms with van der Waals surface area (Å²) in [7, 11) is 0. The quantitative estimate of drug-likeness (QED) is 0.0911. The van der Waals surface area contributed by atoms with Crippen molar-refractivity contribution in [2.45, 2.75) is 168 Å². The molecule has 2 atom stereocenters. The van der Waals surface area contributed by atoms with Crippen LogP contribution in [-0.2, 0) is 28.8 Å². The summed E-state index contributed by atoms with van der Waals surface area (Å²) in [6.07, 6.45) is 20.4. The van der Waals surface area contributed by atoms with Crippen LogP contribution >= 0.6 is 0 Å². The first-order valence-electron chi connectivity index (χ1n) is 17.2. The Morgan fingerprint density at radius 3 is 0.936 bits per heavy atom. The first kappa shape index (κ1) is 49.0. The molecule has 2 N–H and O–H groups in total. The number of carboxylic acid groups (broad SMARTS) is 4. The minimum absolute atomic E-state index is 0. The predicted molar refractivity (Wildman–Crippen MR) is 177 cm³/mol. The Labute approximate surface area is 298 Å². The van der Waals surface area contributed by atoms with Crippen molar-refractivity contribution in [3.8, 4) is 0 Å². The zero-order chi connectivity index (χ0) is 35.3. The van der Waals surface area contributed by atoms with Crippen molar-refractivity contribution in [1.29, 1.82) is 0 Å². The van der Waals surface area contributed by atoms with Crippen LogP contribution < -0.4 is 10.2 Å². The molecule has 0 aromatic carbocycles. The van der Waals surface area contributed by atoms with Gasteiger partial charge in [-0.2, -0.15) is 0 Å². The molecule has 0 heterocycles. The molecule has 13 heteroatoms. The molecule has 47 heavy (non-hydrogen) atoms. The van der Waals surface area contributed by atoms with Crippen LogP contribution in [0.2, 0.25) is 0 Å². The largest absolute Gasteiger partial charge is 2.00 e. The average Bonchev–Trinajstić information content (AvgIpc) is 2.99. The van der Waals surface area contributed by atoms with E-state index >= 15 is 0 Å². The van der Waals surface area contributed by atoms with Gasteiger partial charge in [0.05, 0.1) is 25.0 Å². The zero-order valence-electron chi connectivity index (χ0n) is 29.5. The Morgan fingerprint density at radius 2 is 0.723 bits per heavy atom. The molecule has 268 valence electrons. The third-order valence-electron chi connectivity index (χ3n) is 7.88. The molecule has 2 amide bonds. The molecule has 0 radical (unpaired) electrons. The van der Waals surface area contributed by atoms with Gasteiger partial charge in [-0.05, 0) is 26.7 Å². The topological polar surface area (TPSA) is 195 Å². The van der Waals surface area contributed by atoms with Crippen molar-refractivity contribution >= 4 is 58.7 Å². The van der Waals surface area contributed by atoms with E-state index in [1.165, 1.54) is 78.1 Å². The number of unbranched alkanes of at least 4 members (excludes halogenated alkanes) is 16. The van der Waals surface area contributed by atoms with E-state index in [9.17, 15) is 39.0 Å². The second kappa shape index (κ2) is 32.1. The molecule has 0 aliphatic heterocycles. The summed E-state index contributed by atoms with van der Waals surface area (Å²) in [4.78, 5) is 69.0. The smallest absolute Gasteiger partial charge is 0.548 e. The van der Waals surface area contributed by atoms with Crippen LogP contribution in [0.1, 0.15) is 156 Å². The number of hydrogen-bond acceptors (Lipinski definition) is 8. The minimum Gasteiger partial charge on any atom is -0.548 e. The van der Waals surface area contributed by atoms with E-state index in [2.05, 4.69) is 13.8 Å². The van der Waals surface area contributed by atoms with Crippen LogP contribution in [-0.4, -0.2) is 104 Å². The molecule has 0 aromatic heterocycles. The van der Waals surface area contributed by atoms with E-state index in [1.54, 1.807) is 0 Å². The summed E-state index contributed by atoms with van der Waals surface area (Å²) in [6, 6.07) is -2.31. The molecular weight excluding hydrogens is 621 g/mol. The average molecular weight is 681 g/mol. The van der Waals surface area contributed by atoms with Crippen LogP contribution in [0.5, 0.6) is 0 Å². The van der Waals surface area contributed by atoms with Crippen molar-refractivity contribution < 1.29 is 49.2 Å². The van der Waals surface area contributed by atoms with Gasteiger partial charge in [0.25, 0.3) is 0 Å². The Kier molecular flexibility index (Phi) is 33.5. The zero-order valence-corrected chi connectivity index (χ0v) is 30.9. The van der Waals surface area contributed by atoms with Crippen molar-refractivity contribution in [1.82, 2.24) is 9.80 Å². The summed E-state index contributed by atoms with van der Waals surface area (Å²) < 4.78 is 0. The molecule has 0 bridgehead atoms. The van der Waals surface area contributed by atoms with Gasteiger partial charge in [0.1, 0.15) is 12.1 Å². The minimum atomic E-state index is -1.45. The van der Waals surface area contributed by atoms with Crippen molar-refractivity contribution in [2.24, 2.45) is 0 Å². The molecule has 0 aliphatic carbocycles. The van der Waals surface area contributed by atoms with E-state index in [4.69, 9.17) is 10.2 Å². The van der Waals surface area contributed by atoms with E-state index in [-0.39, 0.29) is 35.9 Å². The molecule has 0 rings (SSSR count). The number of aliphatic carboxylic acids is 4. The maximum Gasteiger partial charge on any atom is 2.00 e. The van der Waals surface area contributed by atoms with Gasteiger partial charge in [0, 0.05) is 12.8 Å². The fraction of sp³-hybridized carbons (Fsp3) is 0.824. The van der Waals surface area contributed by atoms with Gasteiger partial charge in [0.15, 0.2) is 0 Å². The van der Waals surface area contributed by atoms with Gasteiger partial charge >= 0.3 is 35.0 Å². The van der Waals surface area contributed by atoms with Crippen LogP contribution in [0.25, 0.3) is 0 Å². The van der Waals surface area contributed by atoms with Gasteiger partial charge in [-0.3, -0.25) is 9.59 Å². The maximum atomic E-state index is 12.0. The molecule has 0 aromatic rings. The van der Waals surface area contributed by atoms with Crippen molar-refractivity contribution in [2.75, 3.05) is 13.1 Å². The standard InChI is InChI=1S/2C17H31NO5.Mg/c2*1-3-4-5-6-7-8-9-10-11-12-15(19)18(13-16(20)21)14(2)17(22)23;/h2*14H,3-13H2,1-2H3,(H,20,21)(H,22,23);/q;;+2/p-2. The third-order valence-corrected chi connectivity index (χ3v) is 7.88. The van der Waals surface area contributed by atoms with E-state index < -0.39 is 60.9 Å². The first-order chi connectivity index (χ1) is 21.8. The normalized spacial score (nSPS) is 11.7. The molecule has 0 spiro atoms. The fourth-order valence-electron chi connectivity index (χ4n) is 4.89. The van der Waals surface area contributed by atoms with E-state index in [0.717, 1.165) is 48.3 Å². The third kappa shape index (κ3) is 28.3. The van der Waals surface area contributed by atoms with Crippen LogP contribution in [0.15, 0.2) is 0 Å².